The van der Waals surface area contributed by atoms with Crippen LogP contribution in [0.25, 0.3) is 0 Å². The molecule has 1 N–H and O–H groups in total. The van der Waals surface area contributed by atoms with E-state index >= 15 is 0 Å². The van der Waals surface area contributed by atoms with Gasteiger partial charge in [0.2, 0.25) is 0 Å². The largest absolute Gasteiger partial charge is 0.314 e. The Balaban J connectivity index is 2.00. The van der Waals surface area contributed by atoms with Crippen LogP contribution in [0.1, 0.15) is 50.9 Å². The van der Waals surface area contributed by atoms with Gasteiger partial charge in [-0.25, -0.2) is 4.68 Å². The van der Waals surface area contributed by atoms with Crippen LogP contribution in [-0.4, -0.2) is 22.0 Å². The highest BCUT2D eigenvalue weighted by Crippen LogP contribution is 2.32. The van der Waals surface area contributed by atoms with Crippen LogP contribution in [0, 0.1) is 11.8 Å². The average molecular weight is 250 g/mol. The monoisotopic (exact) mass is 250 g/mol. The first-order valence-electron chi connectivity index (χ1n) is 7.26. The molecule has 18 heavy (non-hydrogen) atoms. The summed E-state index contributed by atoms with van der Waals surface area (Å²) < 4.78 is 2.15. The summed E-state index contributed by atoms with van der Waals surface area (Å²) in [6, 6.07) is 0. The van der Waals surface area contributed by atoms with Gasteiger partial charge >= 0.3 is 0 Å². The molecule has 2 rings (SSSR count). The van der Waals surface area contributed by atoms with Crippen LogP contribution in [0.5, 0.6) is 0 Å². The lowest BCUT2D eigenvalue weighted by Gasteiger charge is -2.09. The molecule has 1 aromatic heterocycles. The third-order valence-electron chi connectivity index (χ3n) is 3.67. The van der Waals surface area contributed by atoms with E-state index in [4.69, 9.17) is 0 Å². The summed E-state index contributed by atoms with van der Waals surface area (Å²) >= 11 is 0. The van der Waals surface area contributed by atoms with Gasteiger partial charge in [-0.3, -0.25) is 0 Å². The van der Waals surface area contributed by atoms with Crippen molar-refractivity contribution in [3.63, 3.8) is 0 Å². The van der Waals surface area contributed by atoms with Gasteiger partial charge in [0.15, 0.2) is 0 Å². The summed E-state index contributed by atoms with van der Waals surface area (Å²) in [5.41, 5.74) is 2.48. The van der Waals surface area contributed by atoms with Crippen LogP contribution < -0.4 is 5.32 Å². The van der Waals surface area contributed by atoms with Crippen molar-refractivity contribution in [2.45, 2.75) is 59.0 Å². The second-order valence-electron chi connectivity index (χ2n) is 5.90. The lowest BCUT2D eigenvalue weighted by atomic mass is 10.1. The minimum atomic E-state index is 0.735. The maximum absolute atomic E-state index is 4.34. The molecule has 0 aliphatic heterocycles. The van der Waals surface area contributed by atoms with Gasteiger partial charge in [0, 0.05) is 13.1 Å². The zero-order valence-corrected chi connectivity index (χ0v) is 11.9. The zero-order chi connectivity index (χ0) is 13.0. The molecular weight excluding hydrogens is 224 g/mol. The van der Waals surface area contributed by atoms with Gasteiger partial charge in [-0.1, -0.05) is 31.9 Å². The van der Waals surface area contributed by atoms with E-state index in [2.05, 4.69) is 34.2 Å². The Morgan fingerprint density at radius 1 is 1.39 bits per heavy atom. The zero-order valence-electron chi connectivity index (χ0n) is 11.9. The second kappa shape index (κ2) is 6.32. The van der Waals surface area contributed by atoms with Crippen molar-refractivity contribution >= 4 is 0 Å². The van der Waals surface area contributed by atoms with Crippen molar-refractivity contribution in [3.05, 3.63) is 11.4 Å². The summed E-state index contributed by atoms with van der Waals surface area (Å²) in [6.45, 7) is 6.43. The van der Waals surface area contributed by atoms with Crippen LogP contribution >= 0.6 is 0 Å². The number of hydrogen-bond donors (Lipinski definition) is 1. The molecule has 0 bridgehead atoms. The number of rotatable bonds is 8. The Labute approximate surface area is 110 Å². The first kappa shape index (κ1) is 13.5. The molecule has 4 nitrogen and oxygen atoms in total. The van der Waals surface area contributed by atoms with Crippen molar-refractivity contribution in [2.24, 2.45) is 11.8 Å². The average Bonchev–Trinajstić information content (AvgIpc) is 3.08. The third kappa shape index (κ3) is 3.80. The number of hydrogen-bond acceptors (Lipinski definition) is 3. The normalized spacial score (nSPS) is 15.6. The van der Waals surface area contributed by atoms with E-state index in [1.165, 1.54) is 31.4 Å². The predicted molar refractivity (Wildman–Crippen MR) is 73.3 cm³/mol. The highest BCUT2D eigenvalue weighted by molar-refractivity contribution is 5.10. The fourth-order valence-electron chi connectivity index (χ4n) is 2.26. The highest BCUT2D eigenvalue weighted by Gasteiger charge is 2.22. The van der Waals surface area contributed by atoms with Gasteiger partial charge in [0.05, 0.1) is 11.4 Å². The Morgan fingerprint density at radius 2 is 2.17 bits per heavy atom. The SMILES string of the molecule is CNCc1nnn(CCC2CC2)c1CCC(C)C. The van der Waals surface area contributed by atoms with Crippen LogP contribution in [0.4, 0.5) is 0 Å². The van der Waals surface area contributed by atoms with Crippen LogP contribution in [0.3, 0.4) is 0 Å². The van der Waals surface area contributed by atoms with E-state index in [-0.39, 0.29) is 0 Å². The van der Waals surface area contributed by atoms with E-state index in [0.717, 1.165) is 37.0 Å². The molecule has 0 amide bonds. The fourth-order valence-corrected chi connectivity index (χ4v) is 2.26. The molecule has 0 aromatic carbocycles. The molecule has 0 spiro atoms. The van der Waals surface area contributed by atoms with E-state index in [9.17, 15) is 0 Å². The topological polar surface area (TPSA) is 42.7 Å². The maximum atomic E-state index is 4.34. The third-order valence-corrected chi connectivity index (χ3v) is 3.67. The molecule has 0 atom stereocenters. The van der Waals surface area contributed by atoms with Crippen LogP contribution in [0.15, 0.2) is 0 Å². The Hall–Kier alpha value is -0.900. The molecule has 1 saturated carbocycles. The first-order valence-corrected chi connectivity index (χ1v) is 7.26. The van der Waals surface area contributed by atoms with Crippen LogP contribution in [-0.2, 0) is 19.5 Å². The first-order chi connectivity index (χ1) is 8.70. The van der Waals surface area contributed by atoms with E-state index in [1.807, 2.05) is 7.05 Å². The van der Waals surface area contributed by atoms with E-state index in [1.54, 1.807) is 0 Å². The molecule has 1 fully saturated rings. The van der Waals surface area contributed by atoms with E-state index in [0.29, 0.717) is 0 Å². The molecule has 1 aliphatic rings. The number of nitrogens with zero attached hydrogens (tertiary/aromatic N) is 3. The van der Waals surface area contributed by atoms with Crippen molar-refractivity contribution in [2.75, 3.05) is 7.05 Å². The van der Waals surface area contributed by atoms with Crippen molar-refractivity contribution in [1.82, 2.24) is 20.3 Å². The molecule has 4 heteroatoms. The summed E-state index contributed by atoms with van der Waals surface area (Å²) in [7, 11) is 1.97. The molecule has 0 radical (unpaired) electrons. The summed E-state index contributed by atoms with van der Waals surface area (Å²) in [4.78, 5) is 0. The van der Waals surface area contributed by atoms with Crippen molar-refractivity contribution in [3.8, 4) is 0 Å². The standard InChI is InChI=1S/C14H26N4/c1-11(2)4-7-14-13(10-15-3)16-17-18(14)9-8-12-5-6-12/h11-12,15H,4-10H2,1-3H3. The fraction of sp³-hybridized carbons (Fsp3) is 0.857. The molecule has 0 unspecified atom stereocenters. The quantitative estimate of drug-likeness (QED) is 0.770. The lowest BCUT2D eigenvalue weighted by Crippen LogP contribution is -2.11. The van der Waals surface area contributed by atoms with E-state index < -0.39 is 0 Å². The number of aryl methyl sites for hydroxylation is 1. The lowest BCUT2D eigenvalue weighted by molar-refractivity contribution is 0.496. The molecule has 0 saturated heterocycles. The van der Waals surface area contributed by atoms with Gasteiger partial charge in [-0.15, -0.1) is 5.10 Å². The molecule has 1 aromatic rings. The Kier molecular flexibility index (Phi) is 4.75. The highest BCUT2D eigenvalue weighted by atomic mass is 15.4. The van der Waals surface area contributed by atoms with Gasteiger partial charge in [0.1, 0.15) is 0 Å². The Bertz CT molecular complexity index is 366. The molecule has 1 heterocycles. The van der Waals surface area contributed by atoms with Gasteiger partial charge in [-0.2, -0.15) is 0 Å². The van der Waals surface area contributed by atoms with Crippen LogP contribution in [0.2, 0.25) is 0 Å². The predicted octanol–water partition coefficient (Wildman–Crippen LogP) is 2.39. The van der Waals surface area contributed by atoms with Gasteiger partial charge in [-0.05, 0) is 38.1 Å². The number of aromatic nitrogens is 3. The van der Waals surface area contributed by atoms with Crippen molar-refractivity contribution in [1.29, 1.82) is 0 Å². The summed E-state index contributed by atoms with van der Waals surface area (Å²) in [6.07, 6.45) is 6.43. The minimum Gasteiger partial charge on any atom is -0.314 e. The summed E-state index contributed by atoms with van der Waals surface area (Å²) in [5.74, 6) is 1.69. The molecular formula is C14H26N4. The maximum Gasteiger partial charge on any atom is 0.0996 e. The summed E-state index contributed by atoms with van der Waals surface area (Å²) in [5, 5.41) is 11.9. The molecule has 1 aliphatic carbocycles. The minimum absolute atomic E-state index is 0.735. The second-order valence-corrected chi connectivity index (χ2v) is 5.90. The van der Waals surface area contributed by atoms with Crippen molar-refractivity contribution < 1.29 is 0 Å². The van der Waals surface area contributed by atoms with Gasteiger partial charge < -0.3 is 5.32 Å². The smallest absolute Gasteiger partial charge is 0.0996 e. The Morgan fingerprint density at radius 3 is 2.78 bits per heavy atom. The molecule has 102 valence electrons. The van der Waals surface area contributed by atoms with Gasteiger partial charge in [0.25, 0.3) is 0 Å². The number of nitrogens with one attached hydrogen (secondary N) is 1.